The number of piperidine rings is 1. The lowest BCUT2D eigenvalue weighted by Crippen LogP contribution is -2.38. The molecule has 4 aromatic rings. The number of amides is 1. The molecule has 6 rings (SSSR count). The predicted molar refractivity (Wildman–Crippen MR) is 159 cm³/mol. The second kappa shape index (κ2) is 12.6. The van der Waals surface area contributed by atoms with Crippen LogP contribution < -0.4 is 0 Å². The first kappa shape index (κ1) is 29.1. The number of nitrogens with zero attached hydrogens (tertiary/aromatic N) is 3. The Bertz CT molecular complexity index is 1640. The molecule has 1 amide bonds. The highest BCUT2D eigenvalue weighted by atomic mass is 19.3. The number of carbonyl (C=O) groups excluding carboxylic acids is 1. The maximum atomic E-state index is 13.6. The number of nitrogens with one attached hydrogen (secondary N) is 1. The number of halogens is 3. The molecule has 3 aromatic carbocycles. The molecule has 1 N–H and O–H groups in total. The SMILES string of the molecule is C#CC(F)F.Cc1cc(C(=O)N2CCC(c3nc4ccccc4n3CC3CC3)CC2)ccc1C(=N)c1cccc(F)c1. The molecule has 216 valence electrons. The van der Waals surface area contributed by atoms with Crippen molar-refractivity contribution in [2.24, 2.45) is 5.92 Å². The largest absolute Gasteiger partial charge is 0.339 e. The van der Waals surface area contributed by atoms with Gasteiger partial charge in [0.25, 0.3) is 12.3 Å². The highest BCUT2D eigenvalue weighted by Crippen LogP contribution is 2.36. The Morgan fingerprint density at radius 3 is 2.38 bits per heavy atom. The zero-order valence-electron chi connectivity index (χ0n) is 23.5. The Labute approximate surface area is 243 Å². The fourth-order valence-corrected chi connectivity index (χ4v) is 5.56. The Kier molecular flexibility index (Phi) is 8.77. The summed E-state index contributed by atoms with van der Waals surface area (Å²) in [5.41, 5.74) is 5.24. The van der Waals surface area contributed by atoms with Crippen LogP contribution in [-0.4, -0.2) is 45.6 Å². The third-order valence-electron chi connectivity index (χ3n) is 7.95. The van der Waals surface area contributed by atoms with Crippen LogP contribution in [0, 0.1) is 36.4 Å². The molecule has 1 saturated heterocycles. The van der Waals surface area contributed by atoms with E-state index in [4.69, 9.17) is 10.4 Å². The van der Waals surface area contributed by atoms with Gasteiger partial charge in [-0.15, -0.1) is 6.42 Å². The number of alkyl halides is 2. The molecule has 0 radical (unpaired) electrons. The van der Waals surface area contributed by atoms with Gasteiger partial charge in [0.05, 0.1) is 16.7 Å². The van der Waals surface area contributed by atoms with Gasteiger partial charge in [-0.05, 0) is 86.4 Å². The van der Waals surface area contributed by atoms with Crippen molar-refractivity contribution in [2.75, 3.05) is 13.1 Å². The number of hydrogen-bond donors (Lipinski definition) is 1. The molecule has 1 saturated carbocycles. The molecule has 8 heteroatoms. The topological polar surface area (TPSA) is 62.0 Å². The first-order valence-corrected chi connectivity index (χ1v) is 14.2. The van der Waals surface area contributed by atoms with Gasteiger partial charge in [0, 0.05) is 42.2 Å². The number of aryl methyl sites for hydroxylation is 1. The van der Waals surface area contributed by atoms with E-state index in [-0.39, 0.29) is 17.4 Å². The van der Waals surface area contributed by atoms with E-state index in [2.05, 4.69) is 35.3 Å². The molecule has 0 atom stereocenters. The molecule has 0 unspecified atom stereocenters. The van der Waals surface area contributed by atoms with Gasteiger partial charge in [0.15, 0.2) is 0 Å². The van der Waals surface area contributed by atoms with Crippen molar-refractivity contribution in [2.45, 2.75) is 51.5 Å². The third kappa shape index (κ3) is 6.57. The van der Waals surface area contributed by atoms with E-state index in [1.807, 2.05) is 24.0 Å². The fraction of sp³-hybridized carbons (Fsp3) is 0.324. The Morgan fingerprint density at radius 2 is 1.74 bits per heavy atom. The average Bonchev–Trinajstić information content (AvgIpc) is 3.76. The number of para-hydroxylation sites is 2. The van der Waals surface area contributed by atoms with Gasteiger partial charge in [-0.2, -0.15) is 8.78 Å². The monoisotopic (exact) mass is 570 g/mol. The van der Waals surface area contributed by atoms with Crippen molar-refractivity contribution < 1.29 is 18.0 Å². The Balaban J connectivity index is 0.000000652. The van der Waals surface area contributed by atoms with Crippen LogP contribution in [0.15, 0.2) is 66.7 Å². The van der Waals surface area contributed by atoms with Crippen molar-refractivity contribution >= 4 is 22.7 Å². The van der Waals surface area contributed by atoms with E-state index in [1.54, 1.807) is 18.2 Å². The van der Waals surface area contributed by atoms with Crippen molar-refractivity contribution in [3.63, 3.8) is 0 Å². The zero-order chi connectivity index (χ0) is 29.8. The van der Waals surface area contributed by atoms with Crippen LogP contribution in [0.1, 0.15) is 64.5 Å². The lowest BCUT2D eigenvalue weighted by atomic mass is 9.94. The highest BCUT2D eigenvalue weighted by Gasteiger charge is 2.30. The van der Waals surface area contributed by atoms with Gasteiger partial charge in [0.1, 0.15) is 11.6 Å². The van der Waals surface area contributed by atoms with Crippen LogP contribution >= 0.6 is 0 Å². The molecule has 2 heterocycles. The highest BCUT2D eigenvalue weighted by molar-refractivity contribution is 6.12. The summed E-state index contributed by atoms with van der Waals surface area (Å²) in [4.78, 5) is 20.3. The summed E-state index contributed by atoms with van der Waals surface area (Å²) >= 11 is 0. The number of imidazole rings is 1. The molecule has 0 spiro atoms. The lowest BCUT2D eigenvalue weighted by molar-refractivity contribution is 0.0710. The number of benzene rings is 3. The van der Waals surface area contributed by atoms with E-state index < -0.39 is 6.43 Å². The fourth-order valence-electron chi connectivity index (χ4n) is 5.56. The quantitative estimate of drug-likeness (QED) is 0.197. The molecule has 1 aliphatic heterocycles. The number of rotatable bonds is 6. The average molecular weight is 571 g/mol. The molecular weight excluding hydrogens is 537 g/mol. The summed E-state index contributed by atoms with van der Waals surface area (Å²) in [5.74, 6) is 3.16. The summed E-state index contributed by atoms with van der Waals surface area (Å²) in [6.07, 6.45) is 6.00. The van der Waals surface area contributed by atoms with E-state index >= 15 is 0 Å². The second-order valence-electron chi connectivity index (χ2n) is 11.0. The Morgan fingerprint density at radius 1 is 1.02 bits per heavy atom. The van der Waals surface area contributed by atoms with E-state index in [9.17, 15) is 18.0 Å². The number of aromatic nitrogens is 2. The van der Waals surface area contributed by atoms with Crippen LogP contribution in [0.2, 0.25) is 0 Å². The summed E-state index contributed by atoms with van der Waals surface area (Å²) in [6.45, 7) is 4.36. The standard InChI is InChI=1S/C31H31FN4O.C3H2F2/c1-20-17-24(11-12-26(20)29(33)23-5-4-6-25(32)18-23)31(37)35-15-13-22(14-16-35)30-34-27-7-2-3-8-28(27)36(30)19-21-9-10-21;1-2-3(4)5/h2-8,11-12,17-18,21-22,33H,9-10,13-16,19H2,1H3;1,3H. The molecule has 5 nitrogen and oxygen atoms in total. The minimum Gasteiger partial charge on any atom is -0.339 e. The minimum absolute atomic E-state index is 0.0249. The van der Waals surface area contributed by atoms with Crippen LogP contribution in [0.4, 0.5) is 13.2 Å². The van der Waals surface area contributed by atoms with Crippen LogP contribution in [-0.2, 0) is 6.54 Å². The number of terminal acetylenes is 1. The van der Waals surface area contributed by atoms with E-state index in [0.29, 0.717) is 35.7 Å². The maximum Gasteiger partial charge on any atom is 0.298 e. The second-order valence-corrected chi connectivity index (χ2v) is 11.0. The molecule has 2 fully saturated rings. The number of hydrogen-bond acceptors (Lipinski definition) is 3. The first-order valence-electron chi connectivity index (χ1n) is 14.2. The van der Waals surface area contributed by atoms with Crippen molar-refractivity contribution in [1.82, 2.24) is 14.5 Å². The zero-order valence-corrected chi connectivity index (χ0v) is 23.5. The molecule has 1 aliphatic carbocycles. The van der Waals surface area contributed by atoms with Gasteiger partial charge in [-0.25, -0.2) is 9.37 Å². The van der Waals surface area contributed by atoms with E-state index in [1.165, 1.54) is 42.2 Å². The van der Waals surface area contributed by atoms with Crippen LogP contribution in [0.3, 0.4) is 0 Å². The maximum absolute atomic E-state index is 13.6. The molecule has 2 aliphatic rings. The lowest BCUT2D eigenvalue weighted by Gasteiger charge is -2.32. The van der Waals surface area contributed by atoms with E-state index in [0.717, 1.165) is 36.4 Å². The number of fused-ring (bicyclic) bond motifs is 1. The van der Waals surface area contributed by atoms with Gasteiger partial charge >= 0.3 is 0 Å². The molecule has 0 bridgehead atoms. The summed E-state index contributed by atoms with van der Waals surface area (Å²) in [7, 11) is 0. The normalized spacial score (nSPS) is 15.3. The third-order valence-corrected chi connectivity index (χ3v) is 7.95. The number of carbonyl (C=O) groups is 1. The van der Waals surface area contributed by atoms with Crippen molar-refractivity contribution in [3.8, 4) is 12.3 Å². The smallest absolute Gasteiger partial charge is 0.298 e. The van der Waals surface area contributed by atoms with Crippen molar-refractivity contribution in [3.05, 3.63) is 101 Å². The van der Waals surface area contributed by atoms with Crippen LogP contribution in [0.5, 0.6) is 0 Å². The molecular formula is C34H33F3N4O. The predicted octanol–water partition coefficient (Wildman–Crippen LogP) is 7.21. The number of likely N-dealkylation sites (tertiary alicyclic amines) is 1. The van der Waals surface area contributed by atoms with Gasteiger partial charge in [-0.3, -0.25) is 10.2 Å². The molecule has 1 aromatic heterocycles. The van der Waals surface area contributed by atoms with Crippen molar-refractivity contribution in [1.29, 1.82) is 5.41 Å². The van der Waals surface area contributed by atoms with Gasteiger partial charge in [0.2, 0.25) is 0 Å². The van der Waals surface area contributed by atoms with Gasteiger partial charge < -0.3 is 9.47 Å². The Hall–Kier alpha value is -4.38. The summed E-state index contributed by atoms with van der Waals surface area (Å²) in [6, 6.07) is 19.9. The minimum atomic E-state index is -2.59. The summed E-state index contributed by atoms with van der Waals surface area (Å²) in [5, 5.41) is 8.52. The van der Waals surface area contributed by atoms with Crippen LogP contribution in [0.25, 0.3) is 11.0 Å². The van der Waals surface area contributed by atoms with Gasteiger partial charge in [-0.1, -0.05) is 30.3 Å². The molecule has 42 heavy (non-hydrogen) atoms. The first-order chi connectivity index (χ1) is 20.2. The summed E-state index contributed by atoms with van der Waals surface area (Å²) < 4.78 is 37.1.